The molecule has 0 saturated heterocycles. The van der Waals surface area contributed by atoms with Crippen LogP contribution in [0.2, 0.25) is 5.02 Å². The number of halogens is 1. The van der Waals surface area contributed by atoms with Crippen LogP contribution in [-0.4, -0.2) is 12.1 Å². The van der Waals surface area contributed by atoms with Crippen molar-refractivity contribution in [2.75, 3.05) is 7.11 Å². The molecule has 4 heteroatoms. The summed E-state index contributed by atoms with van der Waals surface area (Å²) in [6.07, 6.45) is 3.15. The number of pyridine rings is 1. The molecule has 0 N–H and O–H groups in total. The Bertz CT molecular complexity index is 560. The molecule has 0 bridgehead atoms. The molecule has 1 aromatic heterocycles. The van der Waals surface area contributed by atoms with Crippen molar-refractivity contribution in [3.63, 3.8) is 0 Å². The lowest BCUT2D eigenvalue weighted by Gasteiger charge is -2.05. The summed E-state index contributed by atoms with van der Waals surface area (Å²) in [7, 11) is 1.56. The highest BCUT2D eigenvalue weighted by Crippen LogP contribution is 2.30. The van der Waals surface area contributed by atoms with Gasteiger partial charge in [0.1, 0.15) is 11.8 Å². The quantitative estimate of drug-likeness (QED) is 0.740. The average Bonchev–Trinajstić information content (AvgIpc) is 2.28. The summed E-state index contributed by atoms with van der Waals surface area (Å²) in [6.45, 7) is 0. The molecular weight excluding hydrogens is 212 g/mol. The number of benzene rings is 1. The van der Waals surface area contributed by atoms with Gasteiger partial charge in [-0.05, 0) is 12.1 Å². The highest BCUT2D eigenvalue weighted by Gasteiger charge is 2.06. The molecule has 0 spiro atoms. The second-order valence-corrected chi connectivity index (χ2v) is 3.41. The SMILES string of the molecule is COc1cc(Cl)c2cncc(C#N)c2c1. The lowest BCUT2D eigenvalue weighted by atomic mass is 10.1. The van der Waals surface area contributed by atoms with E-state index in [-0.39, 0.29) is 0 Å². The molecule has 0 atom stereocenters. The molecule has 0 amide bonds. The summed E-state index contributed by atoms with van der Waals surface area (Å²) in [5, 5.41) is 11.0. The maximum atomic E-state index is 8.92. The monoisotopic (exact) mass is 218 g/mol. The number of methoxy groups -OCH3 is 1. The lowest BCUT2D eigenvalue weighted by molar-refractivity contribution is 0.415. The van der Waals surface area contributed by atoms with Gasteiger partial charge in [-0.3, -0.25) is 4.98 Å². The highest BCUT2D eigenvalue weighted by atomic mass is 35.5. The summed E-state index contributed by atoms with van der Waals surface area (Å²) in [4.78, 5) is 3.95. The summed E-state index contributed by atoms with van der Waals surface area (Å²) in [6, 6.07) is 5.55. The molecule has 1 aromatic carbocycles. The third kappa shape index (κ3) is 1.60. The van der Waals surface area contributed by atoms with Crippen molar-refractivity contribution in [1.82, 2.24) is 4.98 Å². The number of hydrogen-bond donors (Lipinski definition) is 0. The van der Waals surface area contributed by atoms with E-state index < -0.39 is 0 Å². The van der Waals surface area contributed by atoms with E-state index in [0.717, 1.165) is 10.8 Å². The number of aromatic nitrogens is 1. The van der Waals surface area contributed by atoms with Crippen molar-refractivity contribution in [3.8, 4) is 11.8 Å². The Morgan fingerprint density at radius 3 is 2.80 bits per heavy atom. The number of hydrogen-bond acceptors (Lipinski definition) is 3. The molecule has 1 heterocycles. The molecule has 0 aliphatic heterocycles. The molecule has 0 aliphatic carbocycles. The highest BCUT2D eigenvalue weighted by molar-refractivity contribution is 6.35. The maximum absolute atomic E-state index is 8.92. The van der Waals surface area contributed by atoms with Crippen LogP contribution in [-0.2, 0) is 0 Å². The summed E-state index contributed by atoms with van der Waals surface area (Å²) in [5.41, 5.74) is 0.494. The third-order valence-corrected chi connectivity index (χ3v) is 2.47. The van der Waals surface area contributed by atoms with Gasteiger partial charge in [0.05, 0.1) is 17.7 Å². The van der Waals surface area contributed by atoms with Crippen molar-refractivity contribution in [2.45, 2.75) is 0 Å². The molecule has 0 saturated carbocycles. The number of rotatable bonds is 1. The first kappa shape index (κ1) is 9.75. The van der Waals surface area contributed by atoms with Crippen molar-refractivity contribution in [3.05, 3.63) is 35.1 Å². The molecule has 74 valence electrons. The fraction of sp³-hybridized carbons (Fsp3) is 0.0909. The molecule has 0 fully saturated rings. The van der Waals surface area contributed by atoms with E-state index in [9.17, 15) is 0 Å². The van der Waals surface area contributed by atoms with Gasteiger partial charge in [-0.15, -0.1) is 0 Å². The fourth-order valence-corrected chi connectivity index (χ4v) is 1.67. The smallest absolute Gasteiger partial charge is 0.121 e. The second kappa shape index (κ2) is 3.76. The van der Waals surface area contributed by atoms with Crippen LogP contribution in [0.3, 0.4) is 0 Å². The largest absolute Gasteiger partial charge is 0.497 e. The zero-order valence-electron chi connectivity index (χ0n) is 7.99. The Morgan fingerprint density at radius 2 is 2.13 bits per heavy atom. The second-order valence-electron chi connectivity index (χ2n) is 3.00. The van der Waals surface area contributed by atoms with Gasteiger partial charge in [0.15, 0.2) is 0 Å². The minimum atomic E-state index is 0.494. The van der Waals surface area contributed by atoms with Gasteiger partial charge < -0.3 is 4.74 Å². The van der Waals surface area contributed by atoms with Crippen LogP contribution in [0.4, 0.5) is 0 Å². The van der Waals surface area contributed by atoms with Crippen LogP contribution in [0.1, 0.15) is 5.56 Å². The fourth-order valence-electron chi connectivity index (χ4n) is 1.41. The summed E-state index contributed by atoms with van der Waals surface area (Å²) >= 11 is 6.04. The topological polar surface area (TPSA) is 45.9 Å². The van der Waals surface area contributed by atoms with Gasteiger partial charge in [-0.25, -0.2) is 0 Å². The summed E-state index contributed by atoms with van der Waals surface area (Å²) in [5.74, 6) is 0.634. The number of ether oxygens (including phenoxy) is 1. The normalized spacial score (nSPS) is 9.93. The lowest BCUT2D eigenvalue weighted by Crippen LogP contribution is -1.87. The molecule has 2 aromatic rings. The van der Waals surface area contributed by atoms with E-state index in [1.807, 2.05) is 0 Å². The van der Waals surface area contributed by atoms with E-state index in [1.54, 1.807) is 25.4 Å². The Kier molecular flexibility index (Phi) is 2.44. The first-order chi connectivity index (χ1) is 7.26. The molecule has 0 radical (unpaired) electrons. The minimum Gasteiger partial charge on any atom is -0.497 e. The van der Waals surface area contributed by atoms with E-state index in [2.05, 4.69) is 11.1 Å². The van der Waals surface area contributed by atoms with Crippen LogP contribution in [0.5, 0.6) is 5.75 Å². The van der Waals surface area contributed by atoms with E-state index in [0.29, 0.717) is 16.3 Å². The minimum absolute atomic E-state index is 0.494. The summed E-state index contributed by atoms with van der Waals surface area (Å²) < 4.78 is 5.09. The van der Waals surface area contributed by atoms with Crippen molar-refractivity contribution in [2.24, 2.45) is 0 Å². The zero-order chi connectivity index (χ0) is 10.8. The van der Waals surface area contributed by atoms with E-state index in [1.165, 1.54) is 6.20 Å². The average molecular weight is 219 g/mol. The van der Waals surface area contributed by atoms with Crippen LogP contribution in [0, 0.1) is 11.3 Å². The number of fused-ring (bicyclic) bond motifs is 1. The Labute approximate surface area is 91.9 Å². The predicted molar refractivity (Wildman–Crippen MR) is 58.0 cm³/mol. The van der Waals surface area contributed by atoms with Crippen LogP contribution in [0.25, 0.3) is 10.8 Å². The van der Waals surface area contributed by atoms with Crippen LogP contribution < -0.4 is 4.74 Å². The first-order valence-corrected chi connectivity index (χ1v) is 4.65. The first-order valence-electron chi connectivity index (χ1n) is 4.27. The number of nitriles is 1. The van der Waals surface area contributed by atoms with Gasteiger partial charge in [-0.2, -0.15) is 5.26 Å². The Hall–Kier alpha value is -1.79. The molecule has 15 heavy (non-hydrogen) atoms. The van der Waals surface area contributed by atoms with Gasteiger partial charge >= 0.3 is 0 Å². The van der Waals surface area contributed by atoms with Crippen molar-refractivity contribution in [1.29, 1.82) is 5.26 Å². The predicted octanol–water partition coefficient (Wildman–Crippen LogP) is 2.77. The number of nitrogens with zero attached hydrogens (tertiary/aromatic N) is 2. The standard InChI is InChI=1S/C11H7ClN2O/c1-15-8-2-9-7(4-13)5-14-6-10(9)11(12)3-8/h2-3,5-6H,1H3. The van der Waals surface area contributed by atoms with Crippen molar-refractivity contribution < 1.29 is 4.74 Å². The molecule has 3 nitrogen and oxygen atoms in total. The Morgan fingerprint density at radius 1 is 1.33 bits per heavy atom. The maximum Gasteiger partial charge on any atom is 0.121 e. The zero-order valence-corrected chi connectivity index (χ0v) is 8.75. The molecule has 2 rings (SSSR count). The van der Waals surface area contributed by atoms with Gasteiger partial charge in [0.2, 0.25) is 0 Å². The van der Waals surface area contributed by atoms with Crippen molar-refractivity contribution >= 4 is 22.4 Å². The molecule has 0 unspecified atom stereocenters. The van der Waals surface area contributed by atoms with E-state index in [4.69, 9.17) is 21.6 Å². The van der Waals surface area contributed by atoms with Crippen LogP contribution in [0.15, 0.2) is 24.5 Å². The van der Waals surface area contributed by atoms with Gasteiger partial charge in [0, 0.05) is 23.2 Å². The molecule has 0 aliphatic rings. The Balaban J connectivity index is 2.87. The van der Waals surface area contributed by atoms with Crippen LogP contribution >= 0.6 is 11.6 Å². The van der Waals surface area contributed by atoms with E-state index >= 15 is 0 Å². The third-order valence-electron chi connectivity index (χ3n) is 2.16. The van der Waals surface area contributed by atoms with Gasteiger partial charge in [0.25, 0.3) is 0 Å². The molecular formula is C11H7ClN2O. The van der Waals surface area contributed by atoms with Gasteiger partial charge in [-0.1, -0.05) is 11.6 Å².